The maximum atomic E-state index is 9.21. The molecule has 3 N–H and O–H groups in total. The highest BCUT2D eigenvalue weighted by Gasteiger charge is 2.12. The van der Waals surface area contributed by atoms with Crippen LogP contribution in [0.25, 0.3) is 0 Å². The van der Waals surface area contributed by atoms with Gasteiger partial charge in [0.2, 0.25) is 0 Å². The SMILES string of the molecule is CCNc1cc(N[C@H](CO)C(C)C)ncn1. The van der Waals surface area contributed by atoms with Crippen LogP contribution in [0, 0.1) is 5.92 Å². The molecule has 1 aromatic rings. The van der Waals surface area contributed by atoms with E-state index in [1.165, 1.54) is 6.33 Å². The molecule has 1 heterocycles. The van der Waals surface area contributed by atoms with Crippen molar-refractivity contribution in [3.63, 3.8) is 0 Å². The summed E-state index contributed by atoms with van der Waals surface area (Å²) in [5, 5.41) is 15.5. The molecule has 0 bridgehead atoms. The third kappa shape index (κ3) is 3.66. The van der Waals surface area contributed by atoms with Gasteiger partial charge in [0, 0.05) is 12.6 Å². The Hall–Kier alpha value is -1.36. The summed E-state index contributed by atoms with van der Waals surface area (Å²) in [5.41, 5.74) is 0. The number of hydrogen-bond acceptors (Lipinski definition) is 5. The first-order valence-corrected chi connectivity index (χ1v) is 5.60. The Bertz CT molecular complexity index is 317. The molecule has 1 atom stereocenters. The fourth-order valence-corrected chi connectivity index (χ4v) is 1.33. The van der Waals surface area contributed by atoms with Crippen LogP contribution in [0.4, 0.5) is 11.6 Å². The zero-order valence-corrected chi connectivity index (χ0v) is 10.1. The van der Waals surface area contributed by atoms with Gasteiger partial charge in [0.25, 0.3) is 0 Å². The summed E-state index contributed by atoms with van der Waals surface area (Å²) in [6, 6.07) is 1.86. The van der Waals surface area contributed by atoms with Gasteiger partial charge >= 0.3 is 0 Å². The first kappa shape index (κ1) is 12.7. The van der Waals surface area contributed by atoms with Crippen molar-refractivity contribution >= 4 is 11.6 Å². The Morgan fingerprint density at radius 1 is 1.31 bits per heavy atom. The summed E-state index contributed by atoms with van der Waals surface area (Å²) in [6.07, 6.45) is 1.51. The quantitative estimate of drug-likeness (QED) is 0.680. The van der Waals surface area contributed by atoms with Crippen LogP contribution in [-0.4, -0.2) is 34.3 Å². The van der Waals surface area contributed by atoms with E-state index in [2.05, 4.69) is 34.4 Å². The van der Waals surface area contributed by atoms with Crippen molar-refractivity contribution in [2.75, 3.05) is 23.8 Å². The lowest BCUT2D eigenvalue weighted by Gasteiger charge is -2.20. The van der Waals surface area contributed by atoms with E-state index in [0.717, 1.165) is 18.2 Å². The van der Waals surface area contributed by atoms with Crippen molar-refractivity contribution in [2.45, 2.75) is 26.8 Å². The van der Waals surface area contributed by atoms with Gasteiger partial charge in [0.05, 0.1) is 12.6 Å². The predicted molar refractivity (Wildman–Crippen MR) is 65.5 cm³/mol. The first-order chi connectivity index (χ1) is 7.67. The van der Waals surface area contributed by atoms with Gasteiger partial charge in [-0.2, -0.15) is 0 Å². The molecule has 0 aliphatic rings. The van der Waals surface area contributed by atoms with Crippen molar-refractivity contribution in [1.82, 2.24) is 9.97 Å². The third-order valence-corrected chi connectivity index (χ3v) is 2.36. The summed E-state index contributed by atoms with van der Waals surface area (Å²) in [4.78, 5) is 8.20. The Balaban J connectivity index is 2.68. The van der Waals surface area contributed by atoms with Crippen molar-refractivity contribution in [2.24, 2.45) is 5.92 Å². The monoisotopic (exact) mass is 224 g/mol. The fourth-order valence-electron chi connectivity index (χ4n) is 1.33. The second kappa shape index (κ2) is 6.27. The van der Waals surface area contributed by atoms with Crippen molar-refractivity contribution in [1.29, 1.82) is 0 Å². The lowest BCUT2D eigenvalue weighted by Crippen LogP contribution is -2.29. The normalized spacial score (nSPS) is 12.6. The molecule has 0 spiro atoms. The second-order valence-electron chi connectivity index (χ2n) is 4.00. The van der Waals surface area contributed by atoms with Crippen LogP contribution in [-0.2, 0) is 0 Å². The van der Waals surface area contributed by atoms with Crippen LogP contribution in [0.1, 0.15) is 20.8 Å². The minimum absolute atomic E-state index is 0.0179. The van der Waals surface area contributed by atoms with Gasteiger partial charge < -0.3 is 15.7 Å². The van der Waals surface area contributed by atoms with Crippen LogP contribution < -0.4 is 10.6 Å². The largest absolute Gasteiger partial charge is 0.394 e. The molecular formula is C11H20N4O. The van der Waals surface area contributed by atoms with E-state index < -0.39 is 0 Å². The van der Waals surface area contributed by atoms with Crippen LogP contribution >= 0.6 is 0 Å². The topological polar surface area (TPSA) is 70.1 Å². The molecule has 0 saturated carbocycles. The van der Waals surface area contributed by atoms with E-state index in [-0.39, 0.29) is 12.6 Å². The number of hydrogen-bond donors (Lipinski definition) is 3. The number of rotatable bonds is 6. The van der Waals surface area contributed by atoms with Crippen molar-refractivity contribution in [3.8, 4) is 0 Å². The van der Waals surface area contributed by atoms with Gasteiger partial charge in [-0.1, -0.05) is 13.8 Å². The lowest BCUT2D eigenvalue weighted by molar-refractivity contribution is 0.249. The second-order valence-corrected chi connectivity index (χ2v) is 4.00. The molecule has 0 aliphatic carbocycles. The number of aliphatic hydroxyl groups is 1. The molecule has 5 heteroatoms. The molecule has 0 fully saturated rings. The Morgan fingerprint density at radius 3 is 2.56 bits per heavy atom. The minimum atomic E-state index is 0.0179. The van der Waals surface area contributed by atoms with Gasteiger partial charge in [0.1, 0.15) is 18.0 Å². The van der Waals surface area contributed by atoms with Gasteiger partial charge in [-0.05, 0) is 12.8 Å². The van der Waals surface area contributed by atoms with E-state index in [0.29, 0.717) is 5.92 Å². The molecule has 0 aromatic carbocycles. The van der Waals surface area contributed by atoms with E-state index in [9.17, 15) is 5.11 Å². The lowest BCUT2D eigenvalue weighted by atomic mass is 10.1. The van der Waals surface area contributed by atoms with E-state index >= 15 is 0 Å². The molecule has 90 valence electrons. The highest BCUT2D eigenvalue weighted by atomic mass is 16.3. The summed E-state index contributed by atoms with van der Waals surface area (Å²) in [6.45, 7) is 7.04. The Kier molecular flexibility index (Phi) is 4.98. The molecular weight excluding hydrogens is 204 g/mol. The average molecular weight is 224 g/mol. The molecule has 16 heavy (non-hydrogen) atoms. The molecule has 0 unspecified atom stereocenters. The zero-order valence-electron chi connectivity index (χ0n) is 10.1. The molecule has 1 rings (SSSR count). The number of nitrogens with one attached hydrogen (secondary N) is 2. The molecule has 5 nitrogen and oxygen atoms in total. The number of nitrogens with zero attached hydrogens (tertiary/aromatic N) is 2. The van der Waals surface area contributed by atoms with E-state index in [4.69, 9.17) is 0 Å². The predicted octanol–water partition coefficient (Wildman–Crippen LogP) is 1.34. The third-order valence-electron chi connectivity index (χ3n) is 2.36. The molecule has 0 saturated heterocycles. The van der Waals surface area contributed by atoms with Crippen molar-refractivity contribution < 1.29 is 5.11 Å². The van der Waals surface area contributed by atoms with Crippen LogP contribution in [0.5, 0.6) is 0 Å². The van der Waals surface area contributed by atoms with Crippen molar-refractivity contribution in [3.05, 3.63) is 12.4 Å². The highest BCUT2D eigenvalue weighted by molar-refractivity contribution is 5.46. The number of anilines is 2. The first-order valence-electron chi connectivity index (χ1n) is 5.60. The average Bonchev–Trinajstić information content (AvgIpc) is 2.26. The number of aromatic nitrogens is 2. The maximum Gasteiger partial charge on any atom is 0.131 e. The van der Waals surface area contributed by atoms with E-state index in [1.807, 2.05) is 13.0 Å². The van der Waals surface area contributed by atoms with Gasteiger partial charge in [-0.15, -0.1) is 0 Å². The zero-order chi connectivity index (χ0) is 12.0. The highest BCUT2D eigenvalue weighted by Crippen LogP contribution is 2.12. The standard InChI is InChI=1S/C11H20N4O/c1-4-12-10-5-11(14-7-13-10)15-9(6-16)8(2)3/h5,7-9,16H,4,6H2,1-3H3,(H2,12,13,14,15)/t9-/m1/s1. The molecule has 0 radical (unpaired) electrons. The minimum Gasteiger partial charge on any atom is -0.394 e. The van der Waals surface area contributed by atoms with Crippen LogP contribution in [0.15, 0.2) is 12.4 Å². The van der Waals surface area contributed by atoms with E-state index in [1.54, 1.807) is 0 Å². The summed E-state index contributed by atoms with van der Waals surface area (Å²) < 4.78 is 0. The smallest absolute Gasteiger partial charge is 0.131 e. The number of aliphatic hydroxyl groups excluding tert-OH is 1. The fraction of sp³-hybridized carbons (Fsp3) is 0.636. The molecule has 0 aliphatic heterocycles. The summed E-state index contributed by atoms with van der Waals surface area (Å²) in [7, 11) is 0. The van der Waals surface area contributed by atoms with Crippen LogP contribution in [0.2, 0.25) is 0 Å². The Morgan fingerprint density at radius 2 is 2.00 bits per heavy atom. The van der Waals surface area contributed by atoms with Crippen LogP contribution in [0.3, 0.4) is 0 Å². The van der Waals surface area contributed by atoms with Gasteiger partial charge in [-0.25, -0.2) is 9.97 Å². The summed E-state index contributed by atoms with van der Waals surface area (Å²) in [5.74, 6) is 1.88. The summed E-state index contributed by atoms with van der Waals surface area (Å²) >= 11 is 0. The molecule has 0 amide bonds. The maximum absolute atomic E-state index is 9.21. The van der Waals surface area contributed by atoms with Gasteiger partial charge in [0.15, 0.2) is 0 Å². The molecule has 1 aromatic heterocycles. The van der Waals surface area contributed by atoms with Gasteiger partial charge in [-0.3, -0.25) is 0 Å². The Labute approximate surface area is 96.3 Å².